The van der Waals surface area contributed by atoms with E-state index in [1.54, 1.807) is 0 Å². The van der Waals surface area contributed by atoms with Crippen LogP contribution in [0, 0.1) is 17.3 Å². The molecular weight excluding hydrogens is 304 g/mol. The number of rotatable bonds is 5. The summed E-state index contributed by atoms with van der Waals surface area (Å²) in [6.07, 6.45) is 7.51. The van der Waals surface area contributed by atoms with Crippen molar-refractivity contribution in [1.82, 2.24) is 10.6 Å². The van der Waals surface area contributed by atoms with Gasteiger partial charge in [-0.15, -0.1) is 0 Å². The SMILES string of the molecule is CC(C)(C)C1CCC(O)(CNC(=O)CNC(=O)C2CCCC2)CC1. The maximum Gasteiger partial charge on any atom is 0.239 e. The number of carbonyl (C=O) groups is 2. The van der Waals surface area contributed by atoms with Crippen molar-refractivity contribution in [3.63, 3.8) is 0 Å². The summed E-state index contributed by atoms with van der Waals surface area (Å²) in [4.78, 5) is 23.8. The molecule has 2 amide bonds. The van der Waals surface area contributed by atoms with Gasteiger partial charge < -0.3 is 15.7 Å². The van der Waals surface area contributed by atoms with Gasteiger partial charge in [-0.25, -0.2) is 0 Å². The fraction of sp³-hybridized carbons (Fsp3) is 0.895. The van der Waals surface area contributed by atoms with Crippen LogP contribution >= 0.6 is 0 Å². The lowest BCUT2D eigenvalue weighted by molar-refractivity contribution is -0.129. The second-order valence-electron chi connectivity index (χ2n) is 8.84. The molecule has 0 atom stereocenters. The Balaban J connectivity index is 1.67. The lowest BCUT2D eigenvalue weighted by atomic mass is 9.68. The van der Waals surface area contributed by atoms with Gasteiger partial charge in [0.2, 0.25) is 11.8 Å². The number of aliphatic hydroxyl groups is 1. The number of nitrogens with one attached hydrogen (secondary N) is 2. The average Bonchev–Trinajstić information content (AvgIpc) is 3.04. The molecule has 0 aromatic carbocycles. The number of hydrogen-bond acceptors (Lipinski definition) is 3. The van der Waals surface area contributed by atoms with Gasteiger partial charge in [-0.1, -0.05) is 33.6 Å². The van der Waals surface area contributed by atoms with Crippen LogP contribution in [0.25, 0.3) is 0 Å². The first-order valence-electron chi connectivity index (χ1n) is 9.46. The Kier molecular flexibility index (Phi) is 6.29. The Morgan fingerprint density at radius 1 is 1.04 bits per heavy atom. The van der Waals surface area contributed by atoms with E-state index in [2.05, 4.69) is 31.4 Å². The first-order chi connectivity index (χ1) is 11.2. The molecule has 2 saturated carbocycles. The highest BCUT2D eigenvalue weighted by Gasteiger charge is 2.37. The molecule has 0 aromatic heterocycles. The topological polar surface area (TPSA) is 78.4 Å². The standard InChI is InChI=1S/C19H34N2O3/c1-18(2,3)15-8-10-19(24,11-9-15)13-21-16(22)12-20-17(23)14-6-4-5-7-14/h14-15,24H,4-13H2,1-3H3,(H,20,23)(H,21,22). The van der Waals surface area contributed by atoms with Crippen LogP contribution in [0.2, 0.25) is 0 Å². The highest BCUT2D eigenvalue weighted by molar-refractivity contribution is 5.85. The predicted octanol–water partition coefficient (Wildman–Crippen LogP) is 2.38. The van der Waals surface area contributed by atoms with Gasteiger partial charge in [-0.2, -0.15) is 0 Å². The van der Waals surface area contributed by atoms with Crippen LogP contribution in [0.1, 0.15) is 72.1 Å². The Hall–Kier alpha value is -1.10. The summed E-state index contributed by atoms with van der Waals surface area (Å²) in [5, 5.41) is 16.2. The molecule has 138 valence electrons. The zero-order chi connectivity index (χ0) is 17.8. The molecule has 2 aliphatic carbocycles. The lowest BCUT2D eigenvalue weighted by Gasteiger charge is -2.41. The quantitative estimate of drug-likeness (QED) is 0.720. The van der Waals surface area contributed by atoms with Crippen molar-refractivity contribution < 1.29 is 14.7 Å². The van der Waals surface area contributed by atoms with Crippen molar-refractivity contribution in [3.05, 3.63) is 0 Å². The highest BCUT2D eigenvalue weighted by Crippen LogP contribution is 2.41. The van der Waals surface area contributed by atoms with Crippen LogP contribution in [-0.2, 0) is 9.59 Å². The van der Waals surface area contributed by atoms with Crippen LogP contribution in [-0.4, -0.2) is 35.6 Å². The van der Waals surface area contributed by atoms with Gasteiger partial charge in [0.05, 0.1) is 12.1 Å². The molecular formula is C19H34N2O3. The second kappa shape index (κ2) is 7.85. The van der Waals surface area contributed by atoms with Crippen LogP contribution in [0.3, 0.4) is 0 Å². The van der Waals surface area contributed by atoms with E-state index in [9.17, 15) is 14.7 Å². The van der Waals surface area contributed by atoms with E-state index in [1.165, 1.54) is 0 Å². The normalized spacial score (nSPS) is 28.6. The van der Waals surface area contributed by atoms with E-state index in [-0.39, 0.29) is 36.2 Å². The molecule has 0 radical (unpaired) electrons. The third kappa shape index (κ3) is 5.47. The summed E-state index contributed by atoms with van der Waals surface area (Å²) >= 11 is 0. The summed E-state index contributed by atoms with van der Waals surface area (Å²) in [7, 11) is 0. The molecule has 0 bridgehead atoms. The largest absolute Gasteiger partial charge is 0.388 e. The number of carbonyl (C=O) groups excluding carboxylic acids is 2. The van der Waals surface area contributed by atoms with Gasteiger partial charge in [0.15, 0.2) is 0 Å². The summed E-state index contributed by atoms with van der Waals surface area (Å²) in [6.45, 7) is 7.03. The van der Waals surface area contributed by atoms with E-state index < -0.39 is 5.60 Å². The third-order valence-corrected chi connectivity index (χ3v) is 5.90. The summed E-state index contributed by atoms with van der Waals surface area (Å²) in [5.41, 5.74) is -0.526. The van der Waals surface area contributed by atoms with Gasteiger partial charge >= 0.3 is 0 Å². The average molecular weight is 338 g/mol. The molecule has 0 saturated heterocycles. The van der Waals surface area contributed by atoms with E-state index in [4.69, 9.17) is 0 Å². The molecule has 0 spiro atoms. The minimum Gasteiger partial charge on any atom is -0.388 e. The molecule has 2 rings (SSSR count). The number of amides is 2. The fourth-order valence-corrected chi connectivity index (χ4v) is 4.02. The minimum atomic E-state index is -0.799. The van der Waals surface area contributed by atoms with Crippen LogP contribution in [0.5, 0.6) is 0 Å². The summed E-state index contributed by atoms with van der Waals surface area (Å²) in [5.74, 6) is 0.480. The number of hydrogen-bond donors (Lipinski definition) is 3. The van der Waals surface area contributed by atoms with Crippen molar-refractivity contribution >= 4 is 11.8 Å². The van der Waals surface area contributed by atoms with Gasteiger partial charge in [0, 0.05) is 12.5 Å². The predicted molar refractivity (Wildman–Crippen MR) is 94.3 cm³/mol. The van der Waals surface area contributed by atoms with Gasteiger partial charge in [0.1, 0.15) is 0 Å². The molecule has 24 heavy (non-hydrogen) atoms. The van der Waals surface area contributed by atoms with E-state index in [1.807, 2.05) is 0 Å². The van der Waals surface area contributed by atoms with Crippen molar-refractivity contribution in [2.45, 2.75) is 77.7 Å². The smallest absolute Gasteiger partial charge is 0.239 e. The summed E-state index contributed by atoms with van der Waals surface area (Å²) < 4.78 is 0. The van der Waals surface area contributed by atoms with E-state index >= 15 is 0 Å². The zero-order valence-corrected chi connectivity index (χ0v) is 15.5. The monoisotopic (exact) mass is 338 g/mol. The molecule has 0 aliphatic heterocycles. The molecule has 3 N–H and O–H groups in total. The Labute approximate surface area is 146 Å². The van der Waals surface area contributed by atoms with Crippen LogP contribution in [0.15, 0.2) is 0 Å². The van der Waals surface area contributed by atoms with E-state index in [0.717, 1.165) is 51.4 Å². The molecule has 5 heteroatoms. The van der Waals surface area contributed by atoms with Crippen LogP contribution < -0.4 is 10.6 Å². The van der Waals surface area contributed by atoms with Crippen molar-refractivity contribution in [2.75, 3.05) is 13.1 Å². The Morgan fingerprint density at radius 3 is 2.17 bits per heavy atom. The van der Waals surface area contributed by atoms with Crippen molar-refractivity contribution in [1.29, 1.82) is 0 Å². The Bertz CT molecular complexity index is 442. The molecule has 0 aromatic rings. The molecule has 0 unspecified atom stereocenters. The maximum absolute atomic E-state index is 11.9. The van der Waals surface area contributed by atoms with Crippen molar-refractivity contribution in [3.8, 4) is 0 Å². The first kappa shape index (κ1) is 19.2. The minimum absolute atomic E-state index is 0.00736. The zero-order valence-electron chi connectivity index (χ0n) is 15.5. The van der Waals surface area contributed by atoms with E-state index in [0.29, 0.717) is 5.92 Å². The maximum atomic E-state index is 11.9. The van der Waals surface area contributed by atoms with Gasteiger partial charge in [-0.05, 0) is 49.9 Å². The third-order valence-electron chi connectivity index (χ3n) is 5.90. The summed E-state index contributed by atoms with van der Waals surface area (Å²) in [6, 6.07) is 0. The first-order valence-corrected chi connectivity index (χ1v) is 9.46. The molecule has 5 nitrogen and oxygen atoms in total. The molecule has 2 aliphatic rings. The fourth-order valence-electron chi connectivity index (χ4n) is 4.02. The van der Waals surface area contributed by atoms with Crippen LogP contribution in [0.4, 0.5) is 0 Å². The molecule has 2 fully saturated rings. The lowest BCUT2D eigenvalue weighted by Crippen LogP contribution is -2.48. The Morgan fingerprint density at radius 2 is 1.62 bits per heavy atom. The highest BCUT2D eigenvalue weighted by atomic mass is 16.3. The molecule has 0 heterocycles. The van der Waals surface area contributed by atoms with Gasteiger partial charge in [-0.3, -0.25) is 9.59 Å². The second-order valence-corrected chi connectivity index (χ2v) is 8.84. The van der Waals surface area contributed by atoms with Crippen molar-refractivity contribution in [2.24, 2.45) is 17.3 Å². The van der Waals surface area contributed by atoms with Gasteiger partial charge in [0.25, 0.3) is 0 Å².